The van der Waals surface area contributed by atoms with Gasteiger partial charge in [-0.15, -0.1) is 0 Å². The Morgan fingerprint density at radius 2 is 1.80 bits per heavy atom. The summed E-state index contributed by atoms with van der Waals surface area (Å²) in [6.07, 6.45) is -4.53. The second-order valence-electron chi connectivity index (χ2n) is 5.73. The van der Waals surface area contributed by atoms with Gasteiger partial charge in [0.25, 0.3) is 0 Å². The molecule has 136 valence electrons. The quantitative estimate of drug-likeness (QED) is 0.795. The fraction of sp³-hybridized carbons (Fsp3) is 0.375. The second-order valence-corrected chi connectivity index (χ2v) is 6.16. The van der Waals surface area contributed by atoms with E-state index in [-0.39, 0.29) is 16.5 Å². The summed E-state index contributed by atoms with van der Waals surface area (Å²) in [5, 5.41) is 5.84. The summed E-state index contributed by atoms with van der Waals surface area (Å²) >= 11 is 5.69. The van der Waals surface area contributed by atoms with E-state index in [9.17, 15) is 13.2 Å². The highest BCUT2D eigenvalue weighted by Gasteiger charge is 2.34. The highest BCUT2D eigenvalue weighted by molar-refractivity contribution is 6.30. The van der Waals surface area contributed by atoms with Crippen molar-refractivity contribution in [2.24, 2.45) is 0 Å². The molecule has 2 rings (SSSR count). The topological polar surface area (TPSA) is 53.1 Å². The van der Waals surface area contributed by atoms with Crippen molar-refractivity contribution >= 4 is 28.9 Å². The fourth-order valence-corrected chi connectivity index (χ4v) is 2.30. The molecule has 0 fully saturated rings. The van der Waals surface area contributed by atoms with E-state index in [1.165, 1.54) is 12.1 Å². The predicted octanol–water partition coefficient (Wildman–Crippen LogP) is 4.17. The number of alkyl halides is 3. The van der Waals surface area contributed by atoms with Gasteiger partial charge in [0, 0.05) is 24.2 Å². The summed E-state index contributed by atoms with van der Waals surface area (Å²) in [6, 6.07) is 5.12. The molecule has 25 heavy (non-hydrogen) atoms. The Hall–Kier alpha value is -2.06. The standard InChI is InChI=1S/C16H19ClF3N5/c1-10-22-14(21-6-7-25(2)3)9-15(23-10)24-13-5-4-11(17)8-12(13)16(18,19)20/h4-5,8-9H,6-7H2,1-3H3,(H2,21,22,23,24). The predicted molar refractivity (Wildman–Crippen MR) is 93.5 cm³/mol. The maximum atomic E-state index is 13.2. The lowest BCUT2D eigenvalue weighted by atomic mass is 10.1. The largest absolute Gasteiger partial charge is 0.418 e. The van der Waals surface area contributed by atoms with Gasteiger partial charge < -0.3 is 15.5 Å². The molecule has 0 atom stereocenters. The van der Waals surface area contributed by atoms with Crippen LogP contribution in [0.25, 0.3) is 0 Å². The summed E-state index contributed by atoms with van der Waals surface area (Å²) in [5.74, 6) is 1.26. The van der Waals surface area contributed by atoms with E-state index in [1.54, 1.807) is 13.0 Å². The number of nitrogens with one attached hydrogen (secondary N) is 2. The van der Waals surface area contributed by atoms with Crippen molar-refractivity contribution < 1.29 is 13.2 Å². The van der Waals surface area contributed by atoms with Gasteiger partial charge in [-0.3, -0.25) is 0 Å². The zero-order chi connectivity index (χ0) is 18.6. The lowest BCUT2D eigenvalue weighted by molar-refractivity contribution is -0.136. The van der Waals surface area contributed by atoms with Crippen molar-refractivity contribution in [3.05, 3.63) is 40.7 Å². The molecule has 0 spiro atoms. The van der Waals surface area contributed by atoms with Crippen LogP contribution in [0.5, 0.6) is 0 Å². The molecule has 1 aromatic carbocycles. The molecule has 0 radical (unpaired) electrons. The third kappa shape index (κ3) is 5.75. The van der Waals surface area contributed by atoms with Gasteiger partial charge in [0.2, 0.25) is 0 Å². The molecule has 0 unspecified atom stereocenters. The normalized spacial score (nSPS) is 11.7. The smallest absolute Gasteiger partial charge is 0.369 e. The van der Waals surface area contributed by atoms with E-state index < -0.39 is 11.7 Å². The zero-order valence-electron chi connectivity index (χ0n) is 14.1. The molecule has 1 heterocycles. The lowest BCUT2D eigenvalue weighted by Crippen LogP contribution is -2.21. The molecule has 2 N–H and O–H groups in total. The monoisotopic (exact) mass is 373 g/mol. The minimum atomic E-state index is -4.53. The van der Waals surface area contributed by atoms with Gasteiger partial charge in [0.1, 0.15) is 17.5 Å². The van der Waals surface area contributed by atoms with Crippen LogP contribution < -0.4 is 10.6 Å². The highest BCUT2D eigenvalue weighted by atomic mass is 35.5. The number of likely N-dealkylation sites (N-methyl/N-ethyl adjacent to an activating group) is 1. The van der Waals surface area contributed by atoms with Gasteiger partial charge in [-0.2, -0.15) is 13.2 Å². The van der Waals surface area contributed by atoms with Gasteiger partial charge in [0.05, 0.1) is 11.3 Å². The molecule has 0 saturated carbocycles. The van der Waals surface area contributed by atoms with Crippen molar-refractivity contribution in [1.82, 2.24) is 14.9 Å². The van der Waals surface area contributed by atoms with Gasteiger partial charge in [-0.25, -0.2) is 9.97 Å². The molecule has 0 saturated heterocycles. The third-order valence-electron chi connectivity index (χ3n) is 3.25. The number of benzene rings is 1. The zero-order valence-corrected chi connectivity index (χ0v) is 14.8. The van der Waals surface area contributed by atoms with Crippen LogP contribution in [0.2, 0.25) is 5.02 Å². The summed E-state index contributed by atoms with van der Waals surface area (Å²) in [5.41, 5.74) is -0.965. The van der Waals surface area contributed by atoms with Crippen molar-refractivity contribution in [2.75, 3.05) is 37.8 Å². The Morgan fingerprint density at radius 1 is 1.12 bits per heavy atom. The molecule has 9 heteroatoms. The minimum Gasteiger partial charge on any atom is -0.369 e. The van der Waals surface area contributed by atoms with Crippen LogP contribution in [-0.2, 0) is 6.18 Å². The average molecular weight is 374 g/mol. The number of aryl methyl sites for hydroxylation is 1. The summed E-state index contributed by atoms with van der Waals surface area (Å²) in [7, 11) is 3.89. The van der Waals surface area contributed by atoms with Crippen LogP contribution in [0, 0.1) is 6.92 Å². The average Bonchev–Trinajstić information content (AvgIpc) is 2.47. The molecule has 5 nitrogen and oxygen atoms in total. The number of anilines is 3. The van der Waals surface area contributed by atoms with Crippen LogP contribution in [0.3, 0.4) is 0 Å². The van der Waals surface area contributed by atoms with E-state index in [4.69, 9.17) is 11.6 Å². The number of rotatable bonds is 6. The van der Waals surface area contributed by atoms with Gasteiger partial charge >= 0.3 is 6.18 Å². The maximum absolute atomic E-state index is 13.2. The fourth-order valence-electron chi connectivity index (χ4n) is 2.13. The molecule has 0 aliphatic heterocycles. The first-order valence-electron chi connectivity index (χ1n) is 7.53. The van der Waals surface area contributed by atoms with Crippen molar-refractivity contribution in [2.45, 2.75) is 13.1 Å². The number of nitrogens with zero attached hydrogens (tertiary/aromatic N) is 3. The summed E-state index contributed by atoms with van der Waals surface area (Å²) in [4.78, 5) is 10.4. The van der Waals surface area contributed by atoms with Crippen LogP contribution in [0.1, 0.15) is 11.4 Å². The van der Waals surface area contributed by atoms with E-state index in [0.717, 1.165) is 12.6 Å². The van der Waals surface area contributed by atoms with E-state index in [1.807, 2.05) is 19.0 Å². The Balaban J connectivity index is 2.24. The summed E-state index contributed by atoms with van der Waals surface area (Å²) in [6.45, 7) is 3.12. The highest BCUT2D eigenvalue weighted by Crippen LogP contribution is 2.37. The van der Waals surface area contributed by atoms with Gasteiger partial charge in [0.15, 0.2) is 0 Å². The van der Waals surface area contributed by atoms with Crippen LogP contribution in [0.4, 0.5) is 30.5 Å². The third-order valence-corrected chi connectivity index (χ3v) is 3.49. The van der Waals surface area contributed by atoms with E-state index in [0.29, 0.717) is 18.2 Å². The van der Waals surface area contributed by atoms with E-state index in [2.05, 4.69) is 20.6 Å². The number of halogens is 4. The first-order valence-corrected chi connectivity index (χ1v) is 7.91. The molecule has 0 aliphatic rings. The number of aromatic nitrogens is 2. The van der Waals surface area contributed by atoms with Gasteiger partial charge in [-0.05, 0) is 39.2 Å². The Kier molecular flexibility index (Phi) is 6.07. The van der Waals surface area contributed by atoms with Crippen molar-refractivity contribution in [1.29, 1.82) is 0 Å². The van der Waals surface area contributed by atoms with Gasteiger partial charge in [-0.1, -0.05) is 11.6 Å². The lowest BCUT2D eigenvalue weighted by Gasteiger charge is -2.16. The molecule has 0 aliphatic carbocycles. The molecular weight excluding hydrogens is 355 g/mol. The van der Waals surface area contributed by atoms with Crippen molar-refractivity contribution in [3.63, 3.8) is 0 Å². The van der Waals surface area contributed by atoms with Crippen LogP contribution in [-0.4, -0.2) is 42.1 Å². The SMILES string of the molecule is Cc1nc(NCCN(C)C)cc(Nc2ccc(Cl)cc2C(F)(F)F)n1. The molecular formula is C16H19ClF3N5. The number of hydrogen-bond donors (Lipinski definition) is 2. The Labute approximate surface area is 149 Å². The molecule has 0 bridgehead atoms. The van der Waals surface area contributed by atoms with E-state index >= 15 is 0 Å². The Bertz CT molecular complexity index is 734. The molecule has 0 amide bonds. The maximum Gasteiger partial charge on any atom is 0.418 e. The first-order chi connectivity index (χ1) is 11.6. The first kappa shape index (κ1) is 19.3. The molecule has 1 aromatic heterocycles. The summed E-state index contributed by atoms with van der Waals surface area (Å²) < 4.78 is 39.6. The van der Waals surface area contributed by atoms with Crippen LogP contribution >= 0.6 is 11.6 Å². The Morgan fingerprint density at radius 3 is 2.44 bits per heavy atom. The number of hydrogen-bond acceptors (Lipinski definition) is 5. The van der Waals surface area contributed by atoms with Crippen molar-refractivity contribution in [3.8, 4) is 0 Å². The molecule has 2 aromatic rings. The second kappa shape index (κ2) is 7.88. The minimum absolute atomic E-state index is 0.0165. The van der Waals surface area contributed by atoms with Crippen LogP contribution in [0.15, 0.2) is 24.3 Å².